The van der Waals surface area contributed by atoms with E-state index in [1.54, 1.807) is 43.3 Å². The van der Waals surface area contributed by atoms with E-state index in [1.165, 1.54) is 21.3 Å². The highest BCUT2D eigenvalue weighted by atomic mass is 32.2. The first kappa shape index (κ1) is 30.1. The van der Waals surface area contributed by atoms with Gasteiger partial charge < -0.3 is 15.0 Å². The molecule has 0 heterocycles. The molecule has 0 aromatic heterocycles. The van der Waals surface area contributed by atoms with E-state index in [0.717, 1.165) is 6.26 Å². The molecular weight excluding hydrogens is 497 g/mol. The normalized spacial score (nSPS) is 12.2. The summed E-state index contributed by atoms with van der Waals surface area (Å²) < 4.78 is 45.0. The Kier molecular flexibility index (Phi) is 11.4. The number of carbonyl (C=O) groups is 2. The Morgan fingerprint density at radius 1 is 1.03 bits per heavy atom. The third-order valence-corrected chi connectivity index (χ3v) is 6.90. The van der Waals surface area contributed by atoms with Crippen molar-refractivity contribution in [1.82, 2.24) is 10.2 Å². The van der Waals surface area contributed by atoms with Crippen LogP contribution in [0.4, 0.5) is 10.1 Å². The molecule has 1 N–H and O–H groups in total. The van der Waals surface area contributed by atoms with Gasteiger partial charge in [0, 0.05) is 26.1 Å². The molecule has 0 aliphatic rings. The smallest absolute Gasteiger partial charge is 0.242 e. The van der Waals surface area contributed by atoms with E-state index < -0.39 is 16.1 Å². The van der Waals surface area contributed by atoms with E-state index in [-0.39, 0.29) is 49.5 Å². The highest BCUT2D eigenvalue weighted by Gasteiger charge is 2.26. The molecule has 0 saturated carbocycles. The highest BCUT2D eigenvalue weighted by Crippen LogP contribution is 2.22. The summed E-state index contributed by atoms with van der Waals surface area (Å²) in [6.45, 7) is 8.67. The minimum Gasteiger partial charge on any atom is -0.494 e. The number of hydrogen-bond donors (Lipinski definition) is 1. The molecule has 0 aliphatic heterocycles. The third kappa shape index (κ3) is 9.68. The quantitative estimate of drug-likeness (QED) is 0.395. The van der Waals surface area contributed by atoms with Gasteiger partial charge in [0.1, 0.15) is 17.6 Å². The molecule has 8 nitrogen and oxygen atoms in total. The topological polar surface area (TPSA) is 96.0 Å². The van der Waals surface area contributed by atoms with Crippen LogP contribution in [-0.2, 0) is 26.2 Å². The number of carbonyl (C=O) groups excluding carboxylic acids is 2. The van der Waals surface area contributed by atoms with Crippen LogP contribution in [0.2, 0.25) is 0 Å². The molecule has 0 saturated heterocycles. The number of ether oxygens (including phenoxy) is 1. The first-order chi connectivity index (χ1) is 17.4. The average Bonchev–Trinajstić information content (AvgIpc) is 2.84. The van der Waals surface area contributed by atoms with Gasteiger partial charge in [-0.15, -0.1) is 0 Å². The predicted molar refractivity (Wildman–Crippen MR) is 143 cm³/mol. The molecule has 0 bridgehead atoms. The van der Waals surface area contributed by atoms with Crippen LogP contribution in [-0.4, -0.2) is 57.1 Å². The van der Waals surface area contributed by atoms with Crippen LogP contribution in [0.15, 0.2) is 48.5 Å². The number of nitrogens with one attached hydrogen (secondary N) is 1. The lowest BCUT2D eigenvalue weighted by atomic mass is 10.1. The largest absolute Gasteiger partial charge is 0.494 e. The Morgan fingerprint density at radius 3 is 2.19 bits per heavy atom. The fourth-order valence-corrected chi connectivity index (χ4v) is 4.67. The third-order valence-electron chi connectivity index (χ3n) is 5.71. The summed E-state index contributed by atoms with van der Waals surface area (Å²) in [6, 6.07) is 11.7. The summed E-state index contributed by atoms with van der Waals surface area (Å²) in [7, 11) is -3.59. The standard InChI is InChI=1S/C27H38FN3O5S/c1-6-36-25-15-13-24(14-16-25)31(37(5,34)35)17-7-8-26(32)30(19-22-9-11-23(28)12-10-22)21(4)27(33)29-18-20(2)3/h9-16,20-21H,6-8,17-19H2,1-5H3,(H,29,33)/t21-/m0/s1. The van der Waals surface area contributed by atoms with Crippen LogP contribution in [0.3, 0.4) is 0 Å². The lowest BCUT2D eigenvalue weighted by Crippen LogP contribution is -2.48. The Morgan fingerprint density at radius 2 is 1.65 bits per heavy atom. The van der Waals surface area contributed by atoms with Gasteiger partial charge in [0.25, 0.3) is 0 Å². The molecule has 2 aromatic carbocycles. The van der Waals surface area contributed by atoms with Crippen LogP contribution in [0.5, 0.6) is 5.75 Å². The molecule has 37 heavy (non-hydrogen) atoms. The average molecular weight is 536 g/mol. The van der Waals surface area contributed by atoms with E-state index in [4.69, 9.17) is 4.74 Å². The Hall–Kier alpha value is -3.14. The second kappa shape index (κ2) is 14.0. The summed E-state index contributed by atoms with van der Waals surface area (Å²) >= 11 is 0. The second-order valence-electron chi connectivity index (χ2n) is 9.33. The van der Waals surface area contributed by atoms with Gasteiger partial charge in [0.15, 0.2) is 0 Å². The van der Waals surface area contributed by atoms with Crippen molar-refractivity contribution in [2.45, 2.75) is 53.1 Å². The van der Waals surface area contributed by atoms with Crippen LogP contribution < -0.4 is 14.4 Å². The van der Waals surface area contributed by atoms with Crippen molar-refractivity contribution in [3.63, 3.8) is 0 Å². The minimum atomic E-state index is -3.59. The van der Waals surface area contributed by atoms with Crippen LogP contribution in [0, 0.1) is 11.7 Å². The number of rotatable bonds is 14. The highest BCUT2D eigenvalue weighted by molar-refractivity contribution is 7.92. The molecular formula is C27H38FN3O5S. The summed E-state index contributed by atoms with van der Waals surface area (Å²) in [5.41, 5.74) is 1.16. The molecule has 2 aromatic rings. The molecule has 0 aliphatic carbocycles. The van der Waals surface area contributed by atoms with E-state index in [0.29, 0.717) is 30.2 Å². The number of hydrogen-bond acceptors (Lipinski definition) is 5. The van der Waals surface area contributed by atoms with Crippen molar-refractivity contribution in [2.75, 3.05) is 30.3 Å². The second-order valence-corrected chi connectivity index (χ2v) is 11.2. The van der Waals surface area contributed by atoms with Crippen LogP contribution in [0.1, 0.15) is 46.1 Å². The van der Waals surface area contributed by atoms with Crippen molar-refractivity contribution in [2.24, 2.45) is 5.92 Å². The van der Waals surface area contributed by atoms with Gasteiger partial charge in [-0.25, -0.2) is 12.8 Å². The molecule has 0 fully saturated rings. The fraction of sp³-hybridized carbons (Fsp3) is 0.481. The SMILES string of the molecule is CCOc1ccc(N(CCCC(=O)N(Cc2ccc(F)cc2)[C@@H](C)C(=O)NCC(C)C)S(C)(=O)=O)cc1. The monoisotopic (exact) mass is 535 g/mol. The molecule has 10 heteroatoms. The zero-order chi connectivity index (χ0) is 27.6. The van der Waals surface area contributed by atoms with Gasteiger partial charge in [0.05, 0.1) is 18.6 Å². The zero-order valence-corrected chi connectivity index (χ0v) is 23.1. The van der Waals surface area contributed by atoms with Crippen LogP contribution >= 0.6 is 0 Å². The van der Waals surface area contributed by atoms with Crippen molar-refractivity contribution in [3.05, 3.63) is 59.9 Å². The van der Waals surface area contributed by atoms with Gasteiger partial charge in [-0.2, -0.15) is 0 Å². The number of nitrogens with zero attached hydrogens (tertiary/aromatic N) is 2. The fourth-order valence-electron chi connectivity index (χ4n) is 3.70. The number of halogens is 1. The molecule has 2 rings (SSSR count). The van der Waals surface area contributed by atoms with Crippen LogP contribution in [0.25, 0.3) is 0 Å². The maximum absolute atomic E-state index is 13.4. The zero-order valence-electron chi connectivity index (χ0n) is 22.2. The van der Waals surface area contributed by atoms with Crippen molar-refractivity contribution >= 4 is 27.5 Å². The Balaban J connectivity index is 2.14. The first-order valence-electron chi connectivity index (χ1n) is 12.4. The summed E-state index contributed by atoms with van der Waals surface area (Å²) in [4.78, 5) is 27.5. The maximum atomic E-state index is 13.4. The van der Waals surface area contributed by atoms with E-state index in [2.05, 4.69) is 5.32 Å². The van der Waals surface area contributed by atoms with Gasteiger partial charge in [-0.05, 0) is 68.1 Å². The number of amides is 2. The lowest BCUT2D eigenvalue weighted by Gasteiger charge is -2.29. The molecule has 204 valence electrons. The molecule has 1 atom stereocenters. The molecule has 0 spiro atoms. The predicted octanol–water partition coefficient (Wildman–Crippen LogP) is 3.96. The van der Waals surface area contributed by atoms with Crippen molar-refractivity contribution in [1.29, 1.82) is 0 Å². The van der Waals surface area contributed by atoms with E-state index >= 15 is 0 Å². The molecule has 2 amide bonds. The minimum absolute atomic E-state index is 0.0338. The number of benzene rings is 2. The number of sulfonamides is 1. The van der Waals surface area contributed by atoms with Crippen molar-refractivity contribution in [3.8, 4) is 5.75 Å². The van der Waals surface area contributed by atoms with Gasteiger partial charge >= 0.3 is 0 Å². The van der Waals surface area contributed by atoms with E-state index in [1.807, 2.05) is 20.8 Å². The van der Waals surface area contributed by atoms with E-state index in [9.17, 15) is 22.4 Å². The van der Waals surface area contributed by atoms with Gasteiger partial charge in [-0.3, -0.25) is 13.9 Å². The van der Waals surface area contributed by atoms with Gasteiger partial charge in [-0.1, -0.05) is 26.0 Å². The number of anilines is 1. The summed E-state index contributed by atoms with van der Waals surface area (Å²) in [5.74, 6) is -0.0782. The summed E-state index contributed by atoms with van der Waals surface area (Å²) in [5, 5.41) is 2.85. The molecule has 0 radical (unpaired) electrons. The van der Waals surface area contributed by atoms with Gasteiger partial charge in [0.2, 0.25) is 21.8 Å². The first-order valence-corrected chi connectivity index (χ1v) is 14.3. The van der Waals surface area contributed by atoms with Crippen molar-refractivity contribution < 1.29 is 27.1 Å². The summed E-state index contributed by atoms with van der Waals surface area (Å²) in [6.07, 6.45) is 1.40. The maximum Gasteiger partial charge on any atom is 0.242 e. The molecule has 0 unspecified atom stereocenters. The Labute approximate surface area is 219 Å². The lowest BCUT2D eigenvalue weighted by molar-refractivity contribution is -0.140. The Bertz CT molecular complexity index is 1120.